The largest absolute Gasteiger partial charge is 0.399 e. The predicted octanol–water partition coefficient (Wildman–Crippen LogP) is 4.24. The molecule has 0 bridgehead atoms. The molecule has 0 fully saturated rings. The lowest BCUT2D eigenvalue weighted by molar-refractivity contribution is 0.620. The van der Waals surface area contributed by atoms with Gasteiger partial charge in [0.1, 0.15) is 5.82 Å². The van der Waals surface area contributed by atoms with Gasteiger partial charge in [0.15, 0.2) is 0 Å². The first-order valence-electron chi connectivity index (χ1n) is 5.34. The Balaban J connectivity index is 2.23. The minimum Gasteiger partial charge on any atom is -0.399 e. The first-order chi connectivity index (χ1) is 8.97. The monoisotopic (exact) mass is 405 g/mol. The maximum Gasteiger partial charge on any atom is 0.137 e. The Morgan fingerprint density at radius 3 is 2.47 bits per heavy atom. The fourth-order valence-electron chi connectivity index (χ4n) is 1.56. The smallest absolute Gasteiger partial charge is 0.137 e. The van der Waals surface area contributed by atoms with Gasteiger partial charge in [0, 0.05) is 10.2 Å². The summed E-state index contributed by atoms with van der Waals surface area (Å²) in [7, 11) is -1.21. The molecule has 0 heterocycles. The lowest BCUT2D eigenvalue weighted by Gasteiger charge is -2.06. The van der Waals surface area contributed by atoms with Crippen LogP contribution in [0.2, 0.25) is 0 Å². The molecule has 0 spiro atoms. The first kappa shape index (κ1) is 14.7. The quantitative estimate of drug-likeness (QED) is 0.774. The third-order valence-corrected chi connectivity index (χ3v) is 5.45. The molecule has 2 rings (SSSR count). The SMILES string of the molecule is Nc1ccc(S(=O)Cc2ccc(F)c(Br)c2)c(Br)c1. The van der Waals surface area contributed by atoms with Crippen LogP contribution in [0.1, 0.15) is 5.56 Å². The topological polar surface area (TPSA) is 43.1 Å². The van der Waals surface area contributed by atoms with Crippen molar-refractivity contribution in [1.29, 1.82) is 0 Å². The third kappa shape index (κ3) is 3.64. The summed E-state index contributed by atoms with van der Waals surface area (Å²) in [5.74, 6) is -0.00954. The van der Waals surface area contributed by atoms with Crippen LogP contribution in [0.5, 0.6) is 0 Å². The molecule has 1 unspecified atom stereocenters. The van der Waals surface area contributed by atoms with E-state index in [0.717, 1.165) is 5.56 Å². The van der Waals surface area contributed by atoms with Crippen molar-refractivity contribution in [3.63, 3.8) is 0 Å². The summed E-state index contributed by atoms with van der Waals surface area (Å²) >= 11 is 6.46. The van der Waals surface area contributed by atoms with Gasteiger partial charge in [-0.1, -0.05) is 6.07 Å². The van der Waals surface area contributed by atoms with Gasteiger partial charge in [-0.05, 0) is 67.8 Å². The van der Waals surface area contributed by atoms with Gasteiger partial charge >= 0.3 is 0 Å². The van der Waals surface area contributed by atoms with E-state index in [-0.39, 0.29) is 5.82 Å². The van der Waals surface area contributed by atoms with E-state index in [9.17, 15) is 8.60 Å². The second kappa shape index (κ2) is 6.15. The highest BCUT2D eigenvalue weighted by atomic mass is 79.9. The molecule has 0 aliphatic carbocycles. The van der Waals surface area contributed by atoms with Crippen LogP contribution in [-0.2, 0) is 16.6 Å². The van der Waals surface area contributed by atoms with Crippen LogP contribution < -0.4 is 5.73 Å². The number of halogens is 3. The molecule has 6 heteroatoms. The van der Waals surface area contributed by atoms with E-state index in [0.29, 0.717) is 25.3 Å². The van der Waals surface area contributed by atoms with Gasteiger partial charge in [-0.2, -0.15) is 0 Å². The molecular formula is C13H10Br2FNOS. The number of anilines is 1. The summed E-state index contributed by atoms with van der Waals surface area (Å²) < 4.78 is 26.5. The zero-order valence-electron chi connectivity index (χ0n) is 9.70. The van der Waals surface area contributed by atoms with Crippen molar-refractivity contribution in [1.82, 2.24) is 0 Å². The van der Waals surface area contributed by atoms with E-state index < -0.39 is 10.8 Å². The van der Waals surface area contributed by atoms with Gasteiger partial charge in [0.25, 0.3) is 0 Å². The number of benzene rings is 2. The highest BCUT2D eigenvalue weighted by Gasteiger charge is 2.10. The zero-order valence-corrected chi connectivity index (χ0v) is 13.7. The Bertz CT molecular complexity index is 649. The molecule has 0 saturated carbocycles. The Labute approximate surface area is 129 Å². The number of nitrogens with two attached hydrogens (primary N) is 1. The number of hydrogen-bond acceptors (Lipinski definition) is 2. The highest BCUT2D eigenvalue weighted by molar-refractivity contribution is 9.10. The Hall–Kier alpha value is -0.720. The minimum absolute atomic E-state index is 0.321. The lowest BCUT2D eigenvalue weighted by Crippen LogP contribution is -1.99. The molecule has 2 aromatic rings. The van der Waals surface area contributed by atoms with E-state index >= 15 is 0 Å². The molecule has 0 amide bonds. The van der Waals surface area contributed by atoms with E-state index in [1.165, 1.54) is 6.07 Å². The number of hydrogen-bond donors (Lipinski definition) is 1. The van der Waals surface area contributed by atoms with E-state index in [4.69, 9.17) is 5.73 Å². The standard InChI is InChI=1S/C13H10Br2FNOS/c14-10-5-8(1-3-12(10)16)7-19(18)13-4-2-9(17)6-11(13)15/h1-6H,7,17H2. The molecule has 1 atom stereocenters. The molecule has 0 aliphatic rings. The average Bonchev–Trinajstić information content (AvgIpc) is 2.33. The Kier molecular flexibility index (Phi) is 4.76. The second-order valence-electron chi connectivity index (χ2n) is 3.93. The molecule has 100 valence electrons. The third-order valence-electron chi connectivity index (χ3n) is 2.48. The lowest BCUT2D eigenvalue weighted by atomic mass is 10.2. The van der Waals surface area contributed by atoms with Gasteiger partial charge in [-0.25, -0.2) is 4.39 Å². The second-order valence-corrected chi connectivity index (χ2v) is 7.06. The molecule has 0 aromatic heterocycles. The first-order valence-corrected chi connectivity index (χ1v) is 8.25. The van der Waals surface area contributed by atoms with Crippen LogP contribution in [0.15, 0.2) is 50.2 Å². The van der Waals surface area contributed by atoms with Crippen LogP contribution in [0.25, 0.3) is 0 Å². The normalized spacial score (nSPS) is 12.4. The molecule has 2 aromatic carbocycles. The van der Waals surface area contributed by atoms with Crippen molar-refractivity contribution in [2.75, 3.05) is 5.73 Å². The maximum absolute atomic E-state index is 13.1. The van der Waals surface area contributed by atoms with Crippen LogP contribution in [0.4, 0.5) is 10.1 Å². The van der Waals surface area contributed by atoms with Gasteiger partial charge in [-0.3, -0.25) is 4.21 Å². The fraction of sp³-hybridized carbons (Fsp3) is 0.0769. The van der Waals surface area contributed by atoms with Gasteiger partial charge in [0.2, 0.25) is 0 Å². The van der Waals surface area contributed by atoms with Crippen molar-refractivity contribution in [3.8, 4) is 0 Å². The van der Waals surface area contributed by atoms with Crippen LogP contribution >= 0.6 is 31.9 Å². The van der Waals surface area contributed by atoms with Crippen molar-refractivity contribution >= 4 is 48.3 Å². The zero-order chi connectivity index (χ0) is 14.0. The predicted molar refractivity (Wildman–Crippen MR) is 82.8 cm³/mol. The molecule has 2 N–H and O–H groups in total. The summed E-state index contributed by atoms with van der Waals surface area (Å²) in [6.45, 7) is 0. The van der Waals surface area contributed by atoms with Crippen molar-refractivity contribution < 1.29 is 8.60 Å². The minimum atomic E-state index is -1.21. The molecule has 0 saturated heterocycles. The van der Waals surface area contributed by atoms with Gasteiger partial charge < -0.3 is 5.73 Å². The number of nitrogen functional groups attached to an aromatic ring is 1. The summed E-state index contributed by atoms with van der Waals surface area (Å²) in [5.41, 5.74) is 7.05. The summed E-state index contributed by atoms with van der Waals surface area (Å²) in [6.07, 6.45) is 0. The molecule has 0 radical (unpaired) electrons. The van der Waals surface area contributed by atoms with Crippen LogP contribution in [-0.4, -0.2) is 4.21 Å². The summed E-state index contributed by atoms with van der Waals surface area (Å²) in [5, 5.41) is 0. The molecule has 19 heavy (non-hydrogen) atoms. The Morgan fingerprint density at radius 2 is 1.84 bits per heavy atom. The average molecular weight is 407 g/mol. The van der Waals surface area contributed by atoms with Crippen LogP contribution in [0, 0.1) is 5.82 Å². The van der Waals surface area contributed by atoms with Crippen molar-refractivity contribution in [3.05, 3.63) is 56.7 Å². The Morgan fingerprint density at radius 1 is 1.11 bits per heavy atom. The van der Waals surface area contributed by atoms with Crippen LogP contribution in [0.3, 0.4) is 0 Å². The molecule has 0 aliphatic heterocycles. The van der Waals surface area contributed by atoms with Gasteiger partial charge in [-0.15, -0.1) is 0 Å². The van der Waals surface area contributed by atoms with E-state index in [2.05, 4.69) is 31.9 Å². The van der Waals surface area contributed by atoms with E-state index in [1.807, 2.05) is 0 Å². The fourth-order valence-corrected chi connectivity index (χ4v) is 4.06. The summed E-state index contributed by atoms with van der Waals surface area (Å²) in [4.78, 5) is 0.676. The number of rotatable bonds is 3. The molecule has 2 nitrogen and oxygen atoms in total. The highest BCUT2D eigenvalue weighted by Crippen LogP contribution is 2.25. The van der Waals surface area contributed by atoms with E-state index in [1.54, 1.807) is 30.3 Å². The van der Waals surface area contributed by atoms with Crippen molar-refractivity contribution in [2.45, 2.75) is 10.6 Å². The van der Waals surface area contributed by atoms with Gasteiger partial charge in [0.05, 0.1) is 25.9 Å². The maximum atomic E-state index is 13.1. The van der Waals surface area contributed by atoms with Crippen molar-refractivity contribution in [2.24, 2.45) is 0 Å². The summed E-state index contributed by atoms with van der Waals surface area (Å²) in [6, 6.07) is 9.77. The molecular weight excluding hydrogens is 397 g/mol.